The molecule has 3 heteroatoms. The normalized spacial score (nSPS) is 15.6. The van der Waals surface area contributed by atoms with E-state index in [1.54, 1.807) is 6.20 Å². The first-order valence-corrected chi connectivity index (χ1v) is 5.67. The third kappa shape index (κ3) is 1.69. The van der Waals surface area contributed by atoms with Crippen molar-refractivity contribution in [2.24, 2.45) is 0 Å². The van der Waals surface area contributed by atoms with E-state index >= 15 is 0 Å². The van der Waals surface area contributed by atoms with Gasteiger partial charge in [0.25, 0.3) is 0 Å². The molecule has 2 heterocycles. The van der Waals surface area contributed by atoms with Crippen LogP contribution in [0.4, 0.5) is 5.69 Å². The van der Waals surface area contributed by atoms with Gasteiger partial charge in [-0.25, -0.2) is 4.98 Å². The summed E-state index contributed by atoms with van der Waals surface area (Å²) in [7, 11) is 0. The Kier molecular flexibility index (Phi) is 2.37. The number of benzene rings is 1. The van der Waals surface area contributed by atoms with Crippen LogP contribution in [0.2, 0.25) is 0 Å². The molecule has 2 aromatic rings. The predicted molar refractivity (Wildman–Crippen MR) is 63.4 cm³/mol. The summed E-state index contributed by atoms with van der Waals surface area (Å²) < 4.78 is 5.31. The molecule has 1 aliphatic rings. The zero-order chi connectivity index (χ0) is 10.8. The minimum absolute atomic E-state index is 0.834. The van der Waals surface area contributed by atoms with Crippen molar-refractivity contribution in [1.29, 1.82) is 0 Å². The monoisotopic (exact) mass is 214 g/mol. The number of anilines is 1. The summed E-state index contributed by atoms with van der Waals surface area (Å²) in [6, 6.07) is 8.46. The van der Waals surface area contributed by atoms with Crippen molar-refractivity contribution >= 4 is 5.69 Å². The van der Waals surface area contributed by atoms with Gasteiger partial charge in [-0.1, -0.05) is 12.1 Å². The fourth-order valence-electron chi connectivity index (χ4n) is 2.19. The molecule has 0 radical (unpaired) electrons. The van der Waals surface area contributed by atoms with Crippen molar-refractivity contribution in [3.63, 3.8) is 0 Å². The highest BCUT2D eigenvalue weighted by atomic mass is 16.3. The highest BCUT2D eigenvalue weighted by Gasteiger charge is 2.13. The molecule has 0 saturated carbocycles. The van der Waals surface area contributed by atoms with Crippen LogP contribution < -0.4 is 4.90 Å². The first-order chi connectivity index (χ1) is 7.93. The lowest BCUT2D eigenvalue weighted by Gasteiger charge is -2.17. The fourth-order valence-corrected chi connectivity index (χ4v) is 2.19. The van der Waals surface area contributed by atoms with Crippen LogP contribution in [0.25, 0.3) is 11.3 Å². The van der Waals surface area contributed by atoms with Gasteiger partial charge in [-0.2, -0.15) is 0 Å². The van der Waals surface area contributed by atoms with Crippen LogP contribution >= 0.6 is 0 Å². The maximum absolute atomic E-state index is 5.31. The summed E-state index contributed by atoms with van der Waals surface area (Å²) in [6.45, 7) is 2.33. The van der Waals surface area contributed by atoms with Gasteiger partial charge in [0.15, 0.2) is 12.2 Å². The molecule has 1 fully saturated rings. The minimum atomic E-state index is 0.834. The SMILES string of the molecule is c1cc(-c2cnco2)cc(N2CCCC2)c1. The van der Waals surface area contributed by atoms with Gasteiger partial charge in [0, 0.05) is 24.3 Å². The molecule has 0 N–H and O–H groups in total. The van der Waals surface area contributed by atoms with Gasteiger partial charge < -0.3 is 9.32 Å². The van der Waals surface area contributed by atoms with Crippen molar-refractivity contribution in [1.82, 2.24) is 4.98 Å². The van der Waals surface area contributed by atoms with E-state index in [0.717, 1.165) is 11.3 Å². The van der Waals surface area contributed by atoms with Crippen molar-refractivity contribution in [3.05, 3.63) is 36.9 Å². The van der Waals surface area contributed by atoms with Gasteiger partial charge in [-0.3, -0.25) is 0 Å². The Balaban J connectivity index is 1.93. The second kappa shape index (κ2) is 4.00. The summed E-state index contributed by atoms with van der Waals surface area (Å²) in [6.07, 6.45) is 5.82. The summed E-state index contributed by atoms with van der Waals surface area (Å²) in [4.78, 5) is 6.36. The quantitative estimate of drug-likeness (QED) is 0.769. The van der Waals surface area contributed by atoms with Gasteiger partial charge in [-0.05, 0) is 25.0 Å². The van der Waals surface area contributed by atoms with Gasteiger partial charge >= 0.3 is 0 Å². The van der Waals surface area contributed by atoms with Crippen molar-refractivity contribution in [3.8, 4) is 11.3 Å². The van der Waals surface area contributed by atoms with Crippen molar-refractivity contribution in [2.45, 2.75) is 12.8 Å². The lowest BCUT2D eigenvalue weighted by molar-refractivity contribution is 0.572. The Labute approximate surface area is 94.7 Å². The number of hydrogen-bond donors (Lipinski definition) is 0. The predicted octanol–water partition coefficient (Wildman–Crippen LogP) is 2.94. The maximum Gasteiger partial charge on any atom is 0.181 e. The van der Waals surface area contributed by atoms with Gasteiger partial charge in [0.2, 0.25) is 0 Å². The molecule has 0 atom stereocenters. The minimum Gasteiger partial charge on any atom is -0.444 e. The molecule has 0 aliphatic carbocycles. The molecule has 1 aliphatic heterocycles. The fraction of sp³-hybridized carbons (Fsp3) is 0.308. The van der Waals surface area contributed by atoms with E-state index in [4.69, 9.17) is 4.42 Å². The molecule has 1 saturated heterocycles. The molecule has 1 aromatic heterocycles. The summed E-state index contributed by atoms with van der Waals surface area (Å²) in [5, 5.41) is 0. The Morgan fingerprint density at radius 2 is 2.06 bits per heavy atom. The van der Waals surface area contributed by atoms with Gasteiger partial charge in [0.05, 0.1) is 6.20 Å². The molecule has 0 amide bonds. The lowest BCUT2D eigenvalue weighted by atomic mass is 10.1. The Bertz CT molecular complexity index is 459. The average Bonchev–Trinajstić information content (AvgIpc) is 3.03. The summed E-state index contributed by atoms with van der Waals surface area (Å²) in [5.41, 5.74) is 2.38. The van der Waals surface area contributed by atoms with Gasteiger partial charge in [-0.15, -0.1) is 0 Å². The second-order valence-corrected chi connectivity index (χ2v) is 4.11. The average molecular weight is 214 g/mol. The number of oxazole rings is 1. The van der Waals surface area contributed by atoms with E-state index in [1.807, 2.05) is 0 Å². The van der Waals surface area contributed by atoms with E-state index in [1.165, 1.54) is 38.0 Å². The molecule has 0 unspecified atom stereocenters. The molecule has 82 valence electrons. The number of nitrogens with zero attached hydrogens (tertiary/aromatic N) is 2. The van der Waals surface area contributed by atoms with Crippen LogP contribution in [0.15, 0.2) is 41.3 Å². The zero-order valence-corrected chi connectivity index (χ0v) is 9.10. The topological polar surface area (TPSA) is 29.3 Å². The summed E-state index contributed by atoms with van der Waals surface area (Å²) in [5.74, 6) is 0.834. The summed E-state index contributed by atoms with van der Waals surface area (Å²) >= 11 is 0. The molecular weight excluding hydrogens is 200 g/mol. The van der Waals surface area contributed by atoms with Crippen LogP contribution in [0, 0.1) is 0 Å². The molecular formula is C13H14N2O. The van der Waals surface area contributed by atoms with E-state index < -0.39 is 0 Å². The van der Waals surface area contributed by atoms with E-state index in [-0.39, 0.29) is 0 Å². The van der Waals surface area contributed by atoms with Crippen LogP contribution in [-0.4, -0.2) is 18.1 Å². The first-order valence-electron chi connectivity index (χ1n) is 5.67. The van der Waals surface area contributed by atoms with E-state index in [0.29, 0.717) is 0 Å². The number of hydrogen-bond acceptors (Lipinski definition) is 3. The Morgan fingerprint density at radius 1 is 1.19 bits per heavy atom. The molecule has 3 nitrogen and oxygen atoms in total. The lowest BCUT2D eigenvalue weighted by Crippen LogP contribution is -2.17. The molecule has 0 spiro atoms. The molecule has 3 rings (SSSR count). The van der Waals surface area contributed by atoms with Gasteiger partial charge in [0.1, 0.15) is 0 Å². The largest absolute Gasteiger partial charge is 0.444 e. The zero-order valence-electron chi connectivity index (χ0n) is 9.10. The standard InChI is InChI=1S/C13H14N2O/c1-2-7-15(6-1)12-5-3-4-11(8-12)13-9-14-10-16-13/h3-5,8-10H,1-2,6-7H2. The first kappa shape index (κ1) is 9.46. The Morgan fingerprint density at radius 3 is 2.81 bits per heavy atom. The third-order valence-corrected chi connectivity index (χ3v) is 3.03. The second-order valence-electron chi connectivity index (χ2n) is 4.11. The molecule has 16 heavy (non-hydrogen) atoms. The third-order valence-electron chi connectivity index (χ3n) is 3.03. The molecule has 0 bridgehead atoms. The number of aromatic nitrogens is 1. The van der Waals surface area contributed by atoms with Crippen LogP contribution in [0.1, 0.15) is 12.8 Å². The Hall–Kier alpha value is -1.77. The van der Waals surface area contributed by atoms with Crippen molar-refractivity contribution in [2.75, 3.05) is 18.0 Å². The van der Waals surface area contributed by atoms with E-state index in [9.17, 15) is 0 Å². The molecule has 1 aromatic carbocycles. The highest BCUT2D eigenvalue weighted by molar-refractivity contribution is 5.64. The van der Waals surface area contributed by atoms with E-state index in [2.05, 4.69) is 34.1 Å². The van der Waals surface area contributed by atoms with Crippen molar-refractivity contribution < 1.29 is 4.42 Å². The van der Waals surface area contributed by atoms with Crippen LogP contribution in [-0.2, 0) is 0 Å². The van der Waals surface area contributed by atoms with Crippen LogP contribution in [0.5, 0.6) is 0 Å². The smallest absolute Gasteiger partial charge is 0.181 e. The maximum atomic E-state index is 5.31. The highest BCUT2D eigenvalue weighted by Crippen LogP contribution is 2.26. The van der Waals surface area contributed by atoms with Crippen LogP contribution in [0.3, 0.4) is 0 Å². The number of rotatable bonds is 2.